The van der Waals surface area contributed by atoms with Crippen molar-refractivity contribution in [1.29, 1.82) is 0 Å². The average molecular weight is 384 g/mol. The Balaban J connectivity index is 1.61. The summed E-state index contributed by atoms with van der Waals surface area (Å²) in [6, 6.07) is 21.5. The van der Waals surface area contributed by atoms with E-state index in [0.29, 0.717) is 17.1 Å². The molecule has 0 aliphatic heterocycles. The highest BCUT2D eigenvalue weighted by Crippen LogP contribution is 2.29. The van der Waals surface area contributed by atoms with Gasteiger partial charge in [0.1, 0.15) is 5.03 Å². The van der Waals surface area contributed by atoms with Gasteiger partial charge in [-0.2, -0.15) is 0 Å². The highest BCUT2D eigenvalue weighted by molar-refractivity contribution is 7.99. The molecule has 0 bridgehead atoms. The third kappa shape index (κ3) is 5.31. The zero-order chi connectivity index (χ0) is 18.2. The molecule has 6 heteroatoms. The van der Waals surface area contributed by atoms with Crippen LogP contribution in [-0.4, -0.2) is 22.6 Å². The minimum atomic E-state index is -0.187. The van der Waals surface area contributed by atoms with Crippen molar-refractivity contribution in [2.45, 2.75) is 22.8 Å². The molecule has 0 saturated carbocycles. The molecule has 0 radical (unpaired) electrons. The summed E-state index contributed by atoms with van der Waals surface area (Å²) in [5.74, 6) is -0.187. The molecule has 0 aliphatic carbocycles. The van der Waals surface area contributed by atoms with Gasteiger partial charge in [-0.15, -0.1) is 10.2 Å². The molecule has 2 aromatic carbocycles. The van der Waals surface area contributed by atoms with Crippen LogP contribution in [0.15, 0.2) is 76.7 Å². The summed E-state index contributed by atoms with van der Waals surface area (Å²) in [7, 11) is 0. The number of aromatic nitrogens is 2. The molecule has 132 valence electrons. The lowest BCUT2D eigenvalue weighted by Crippen LogP contribution is -2.25. The summed E-state index contributed by atoms with van der Waals surface area (Å²) >= 11 is 7.34. The normalized spacial score (nSPS) is 10.5. The molecular weight excluding hydrogens is 366 g/mol. The third-order valence-corrected chi connectivity index (χ3v) is 4.89. The Kier molecular flexibility index (Phi) is 6.63. The number of nitrogens with one attached hydrogen (secondary N) is 1. The van der Waals surface area contributed by atoms with Gasteiger partial charge in [0.2, 0.25) is 0 Å². The van der Waals surface area contributed by atoms with Crippen molar-refractivity contribution in [3.8, 4) is 0 Å². The standard InChI is InChI=1S/C20H18ClN3OS/c21-18-14-17(20(24-23-18)26-16-11-5-2-6-12-16)19(25)22-13-7-10-15-8-3-1-4-9-15/h1-6,8-9,11-12,14H,7,10,13H2,(H,22,25). The first-order chi connectivity index (χ1) is 12.7. The molecule has 0 saturated heterocycles. The molecule has 1 heterocycles. The van der Waals surface area contributed by atoms with Crippen LogP contribution >= 0.6 is 23.4 Å². The van der Waals surface area contributed by atoms with Gasteiger partial charge >= 0.3 is 0 Å². The number of hydrogen-bond donors (Lipinski definition) is 1. The number of aryl methyl sites for hydroxylation is 1. The molecule has 0 atom stereocenters. The summed E-state index contributed by atoms with van der Waals surface area (Å²) in [6.45, 7) is 0.586. The predicted molar refractivity (Wildman–Crippen MR) is 105 cm³/mol. The molecule has 1 aromatic heterocycles. The monoisotopic (exact) mass is 383 g/mol. The second kappa shape index (κ2) is 9.36. The largest absolute Gasteiger partial charge is 0.352 e. The van der Waals surface area contributed by atoms with E-state index in [1.54, 1.807) is 6.07 Å². The highest BCUT2D eigenvalue weighted by Gasteiger charge is 2.15. The Labute approximate surface area is 162 Å². The number of rotatable bonds is 7. The molecule has 0 unspecified atom stereocenters. The van der Waals surface area contributed by atoms with Crippen LogP contribution in [0.1, 0.15) is 22.3 Å². The maximum atomic E-state index is 12.6. The van der Waals surface area contributed by atoms with Crippen molar-refractivity contribution < 1.29 is 4.79 Å². The molecule has 3 aromatic rings. The number of benzene rings is 2. The molecule has 0 aliphatic rings. The van der Waals surface area contributed by atoms with Gasteiger partial charge in [0.15, 0.2) is 5.15 Å². The van der Waals surface area contributed by atoms with Gasteiger partial charge in [-0.1, -0.05) is 71.9 Å². The first-order valence-corrected chi connectivity index (χ1v) is 9.50. The van der Waals surface area contributed by atoms with Crippen molar-refractivity contribution in [2.75, 3.05) is 6.54 Å². The zero-order valence-electron chi connectivity index (χ0n) is 14.1. The van der Waals surface area contributed by atoms with Crippen LogP contribution in [-0.2, 0) is 6.42 Å². The van der Waals surface area contributed by atoms with Crippen LogP contribution in [0.4, 0.5) is 0 Å². The fourth-order valence-corrected chi connectivity index (χ4v) is 3.44. The van der Waals surface area contributed by atoms with Crippen LogP contribution < -0.4 is 5.32 Å². The Bertz CT molecular complexity index is 859. The fraction of sp³-hybridized carbons (Fsp3) is 0.150. The van der Waals surface area contributed by atoms with E-state index in [0.717, 1.165) is 17.7 Å². The van der Waals surface area contributed by atoms with Gasteiger partial charge in [0, 0.05) is 11.4 Å². The topological polar surface area (TPSA) is 54.9 Å². The maximum absolute atomic E-state index is 12.6. The van der Waals surface area contributed by atoms with Crippen molar-refractivity contribution >= 4 is 29.3 Å². The van der Waals surface area contributed by atoms with Gasteiger partial charge in [0.05, 0.1) is 5.56 Å². The van der Waals surface area contributed by atoms with Crippen molar-refractivity contribution in [1.82, 2.24) is 15.5 Å². The van der Waals surface area contributed by atoms with Gasteiger partial charge < -0.3 is 5.32 Å². The fourth-order valence-electron chi connectivity index (χ4n) is 2.43. The average Bonchev–Trinajstić information content (AvgIpc) is 2.68. The zero-order valence-corrected chi connectivity index (χ0v) is 15.6. The van der Waals surface area contributed by atoms with Gasteiger partial charge in [0.25, 0.3) is 5.91 Å². The maximum Gasteiger partial charge on any atom is 0.254 e. The van der Waals surface area contributed by atoms with E-state index >= 15 is 0 Å². The summed E-state index contributed by atoms with van der Waals surface area (Å²) in [4.78, 5) is 13.6. The molecule has 3 rings (SSSR count). The lowest BCUT2D eigenvalue weighted by Gasteiger charge is -2.09. The summed E-state index contributed by atoms with van der Waals surface area (Å²) in [5.41, 5.74) is 1.70. The first kappa shape index (κ1) is 18.4. The third-order valence-electron chi connectivity index (χ3n) is 3.70. The summed E-state index contributed by atoms with van der Waals surface area (Å²) in [6.07, 6.45) is 1.78. The van der Waals surface area contributed by atoms with Crippen molar-refractivity contribution in [3.05, 3.63) is 83.0 Å². The van der Waals surface area contributed by atoms with E-state index in [2.05, 4.69) is 27.6 Å². The summed E-state index contributed by atoms with van der Waals surface area (Å²) < 4.78 is 0. The Hall–Kier alpha value is -2.37. The second-order valence-electron chi connectivity index (χ2n) is 5.65. The molecule has 4 nitrogen and oxygen atoms in total. The van der Waals surface area contributed by atoms with Crippen LogP contribution in [0, 0.1) is 0 Å². The van der Waals surface area contributed by atoms with Crippen LogP contribution in [0.2, 0.25) is 5.15 Å². The molecule has 1 amide bonds. The van der Waals surface area contributed by atoms with E-state index in [1.807, 2.05) is 48.5 Å². The van der Waals surface area contributed by atoms with E-state index < -0.39 is 0 Å². The van der Waals surface area contributed by atoms with Gasteiger partial charge in [-0.25, -0.2) is 0 Å². The summed E-state index contributed by atoms with van der Waals surface area (Å²) in [5, 5.41) is 11.7. The van der Waals surface area contributed by atoms with E-state index in [1.165, 1.54) is 17.3 Å². The Morgan fingerprint density at radius 2 is 1.69 bits per heavy atom. The molecule has 0 fully saturated rings. The van der Waals surface area contributed by atoms with E-state index in [9.17, 15) is 4.79 Å². The van der Waals surface area contributed by atoms with Gasteiger partial charge in [-0.3, -0.25) is 4.79 Å². The minimum absolute atomic E-state index is 0.187. The second-order valence-corrected chi connectivity index (χ2v) is 7.10. The minimum Gasteiger partial charge on any atom is -0.352 e. The smallest absolute Gasteiger partial charge is 0.254 e. The van der Waals surface area contributed by atoms with Crippen LogP contribution in [0.3, 0.4) is 0 Å². The van der Waals surface area contributed by atoms with Crippen LogP contribution in [0.5, 0.6) is 0 Å². The number of halogens is 1. The number of carbonyl (C=O) groups excluding carboxylic acids is 1. The molecular formula is C20H18ClN3OS. The van der Waals surface area contributed by atoms with Crippen LogP contribution in [0.25, 0.3) is 0 Å². The van der Waals surface area contributed by atoms with E-state index in [-0.39, 0.29) is 11.1 Å². The molecule has 0 spiro atoms. The first-order valence-electron chi connectivity index (χ1n) is 8.30. The molecule has 1 N–H and O–H groups in total. The Morgan fingerprint density at radius 1 is 1.00 bits per heavy atom. The highest BCUT2D eigenvalue weighted by atomic mass is 35.5. The van der Waals surface area contributed by atoms with Gasteiger partial charge in [-0.05, 0) is 36.6 Å². The lowest BCUT2D eigenvalue weighted by atomic mass is 10.1. The Morgan fingerprint density at radius 3 is 2.42 bits per heavy atom. The SMILES string of the molecule is O=C(NCCCc1ccccc1)c1cc(Cl)nnc1Sc1ccccc1. The predicted octanol–water partition coefficient (Wildman–Crippen LogP) is 4.64. The lowest BCUT2D eigenvalue weighted by molar-refractivity contribution is 0.0949. The number of carbonyl (C=O) groups is 1. The number of hydrogen-bond acceptors (Lipinski definition) is 4. The van der Waals surface area contributed by atoms with Crippen molar-refractivity contribution in [3.63, 3.8) is 0 Å². The van der Waals surface area contributed by atoms with Crippen molar-refractivity contribution in [2.24, 2.45) is 0 Å². The molecule has 26 heavy (non-hydrogen) atoms. The number of amides is 1. The quantitative estimate of drug-likeness (QED) is 0.603. The number of nitrogens with zero attached hydrogens (tertiary/aromatic N) is 2. The van der Waals surface area contributed by atoms with E-state index in [4.69, 9.17) is 11.6 Å².